The summed E-state index contributed by atoms with van der Waals surface area (Å²) in [4.78, 5) is 14.3. The van der Waals surface area contributed by atoms with Gasteiger partial charge >= 0.3 is 0 Å². The molecule has 108 valence electrons. The van der Waals surface area contributed by atoms with Crippen molar-refractivity contribution in [1.29, 1.82) is 0 Å². The van der Waals surface area contributed by atoms with E-state index in [0.717, 1.165) is 19.6 Å². The van der Waals surface area contributed by atoms with Gasteiger partial charge in [-0.1, -0.05) is 0 Å². The van der Waals surface area contributed by atoms with Gasteiger partial charge in [0.25, 0.3) is 5.91 Å². The monoisotopic (exact) mass is 286 g/mol. The fraction of sp³-hybridized carbons (Fsp3) is 0.692. The predicted molar refractivity (Wildman–Crippen MR) is 77.8 cm³/mol. The standard InChI is InChI=1S/C13H22N4O.ClH/c1-10-7-14-5-6-16(10)12(18)11-8-15-17(9-11)13(2,3)4;/h8-10,14H,5-7H2,1-4H3;1H/t10-;/m0./s1. The maximum absolute atomic E-state index is 12.4. The Bertz CT molecular complexity index is 438. The minimum absolute atomic E-state index is 0. The highest BCUT2D eigenvalue weighted by Crippen LogP contribution is 2.15. The molecule has 19 heavy (non-hydrogen) atoms. The maximum atomic E-state index is 12.4. The largest absolute Gasteiger partial charge is 0.333 e. The Morgan fingerprint density at radius 2 is 2.16 bits per heavy atom. The number of aromatic nitrogens is 2. The first-order chi connectivity index (χ1) is 8.39. The Hall–Kier alpha value is -1.07. The number of carbonyl (C=O) groups excluding carboxylic acids is 1. The van der Waals surface area contributed by atoms with Crippen molar-refractivity contribution in [2.75, 3.05) is 19.6 Å². The maximum Gasteiger partial charge on any atom is 0.257 e. The number of hydrogen-bond acceptors (Lipinski definition) is 3. The fourth-order valence-corrected chi connectivity index (χ4v) is 2.11. The number of carbonyl (C=O) groups is 1. The third-order valence-corrected chi connectivity index (χ3v) is 3.28. The van der Waals surface area contributed by atoms with Crippen LogP contribution in [0.25, 0.3) is 0 Å². The van der Waals surface area contributed by atoms with E-state index in [0.29, 0.717) is 5.56 Å². The third-order valence-electron chi connectivity index (χ3n) is 3.28. The molecular formula is C13H23ClN4O. The highest BCUT2D eigenvalue weighted by Gasteiger charge is 2.25. The van der Waals surface area contributed by atoms with Crippen LogP contribution < -0.4 is 5.32 Å². The van der Waals surface area contributed by atoms with Crippen LogP contribution in [-0.4, -0.2) is 46.3 Å². The molecule has 1 fully saturated rings. The summed E-state index contributed by atoms with van der Waals surface area (Å²) in [7, 11) is 0. The minimum atomic E-state index is -0.0897. The number of hydrogen-bond donors (Lipinski definition) is 1. The van der Waals surface area contributed by atoms with Gasteiger partial charge in [0.1, 0.15) is 0 Å². The van der Waals surface area contributed by atoms with Crippen molar-refractivity contribution in [2.45, 2.75) is 39.3 Å². The second kappa shape index (κ2) is 5.92. The summed E-state index contributed by atoms with van der Waals surface area (Å²) >= 11 is 0. The Balaban J connectivity index is 0.00000180. The van der Waals surface area contributed by atoms with Crippen molar-refractivity contribution >= 4 is 18.3 Å². The van der Waals surface area contributed by atoms with Gasteiger partial charge in [-0.05, 0) is 27.7 Å². The van der Waals surface area contributed by atoms with Crippen molar-refractivity contribution in [3.8, 4) is 0 Å². The molecule has 2 heterocycles. The lowest BCUT2D eigenvalue weighted by molar-refractivity contribution is 0.0655. The molecule has 0 spiro atoms. The van der Waals surface area contributed by atoms with Crippen LogP contribution in [0.1, 0.15) is 38.1 Å². The molecule has 1 aromatic rings. The molecule has 0 aromatic carbocycles. The second-order valence-electron chi connectivity index (χ2n) is 5.90. The van der Waals surface area contributed by atoms with E-state index in [1.807, 2.05) is 15.8 Å². The Morgan fingerprint density at radius 3 is 2.68 bits per heavy atom. The molecule has 1 atom stereocenters. The van der Waals surface area contributed by atoms with Gasteiger partial charge in [0, 0.05) is 31.9 Å². The number of nitrogens with one attached hydrogen (secondary N) is 1. The summed E-state index contributed by atoms with van der Waals surface area (Å²) in [6.45, 7) is 10.8. The number of piperazine rings is 1. The second-order valence-corrected chi connectivity index (χ2v) is 5.90. The van der Waals surface area contributed by atoms with E-state index in [2.05, 4.69) is 38.1 Å². The molecule has 1 amide bonds. The molecule has 1 saturated heterocycles. The molecule has 0 radical (unpaired) electrons. The smallest absolute Gasteiger partial charge is 0.257 e. The fourth-order valence-electron chi connectivity index (χ4n) is 2.11. The molecule has 1 aliphatic heterocycles. The Morgan fingerprint density at radius 1 is 1.47 bits per heavy atom. The topological polar surface area (TPSA) is 50.2 Å². The summed E-state index contributed by atoms with van der Waals surface area (Å²) in [5.74, 6) is 0.0829. The van der Waals surface area contributed by atoms with Crippen LogP contribution in [0.2, 0.25) is 0 Å². The van der Waals surface area contributed by atoms with Crippen LogP contribution in [-0.2, 0) is 5.54 Å². The highest BCUT2D eigenvalue weighted by molar-refractivity contribution is 5.94. The molecule has 1 N–H and O–H groups in total. The zero-order valence-corrected chi connectivity index (χ0v) is 12.8. The van der Waals surface area contributed by atoms with Crippen molar-refractivity contribution in [3.05, 3.63) is 18.0 Å². The zero-order chi connectivity index (χ0) is 13.3. The van der Waals surface area contributed by atoms with Crippen LogP contribution in [0.5, 0.6) is 0 Å². The number of rotatable bonds is 1. The first-order valence-electron chi connectivity index (χ1n) is 6.46. The van der Waals surface area contributed by atoms with Crippen LogP contribution in [0.4, 0.5) is 0 Å². The first kappa shape index (κ1) is 16.0. The average Bonchev–Trinajstić information content (AvgIpc) is 2.77. The molecule has 0 bridgehead atoms. The third kappa shape index (κ3) is 3.48. The predicted octanol–water partition coefficient (Wildman–Crippen LogP) is 1.49. The van der Waals surface area contributed by atoms with Crippen LogP contribution in [0, 0.1) is 0 Å². The van der Waals surface area contributed by atoms with Gasteiger partial charge in [-0.3, -0.25) is 9.48 Å². The van der Waals surface area contributed by atoms with Gasteiger partial charge in [-0.25, -0.2) is 0 Å². The van der Waals surface area contributed by atoms with Crippen LogP contribution >= 0.6 is 12.4 Å². The van der Waals surface area contributed by atoms with Crippen molar-refractivity contribution in [3.63, 3.8) is 0 Å². The quantitative estimate of drug-likeness (QED) is 0.851. The van der Waals surface area contributed by atoms with Gasteiger partial charge in [-0.15, -0.1) is 12.4 Å². The first-order valence-corrected chi connectivity index (χ1v) is 6.46. The van der Waals surface area contributed by atoms with E-state index >= 15 is 0 Å². The number of nitrogens with zero attached hydrogens (tertiary/aromatic N) is 3. The van der Waals surface area contributed by atoms with E-state index in [-0.39, 0.29) is 29.9 Å². The molecule has 2 rings (SSSR count). The van der Waals surface area contributed by atoms with Gasteiger partial charge in [0.05, 0.1) is 17.3 Å². The van der Waals surface area contributed by atoms with Crippen LogP contribution in [0.15, 0.2) is 12.4 Å². The molecular weight excluding hydrogens is 264 g/mol. The summed E-state index contributed by atoms with van der Waals surface area (Å²) < 4.78 is 1.84. The summed E-state index contributed by atoms with van der Waals surface area (Å²) in [5.41, 5.74) is 0.590. The molecule has 1 aliphatic rings. The lowest BCUT2D eigenvalue weighted by atomic mass is 10.1. The molecule has 0 unspecified atom stereocenters. The summed E-state index contributed by atoms with van der Waals surface area (Å²) in [6, 6.07) is 0.240. The molecule has 1 aromatic heterocycles. The molecule has 5 nitrogen and oxygen atoms in total. The van der Waals surface area contributed by atoms with E-state index < -0.39 is 0 Å². The van der Waals surface area contributed by atoms with E-state index in [4.69, 9.17) is 0 Å². The number of amides is 1. The Labute approximate surface area is 120 Å². The molecule has 6 heteroatoms. The lowest BCUT2D eigenvalue weighted by Gasteiger charge is -2.33. The average molecular weight is 287 g/mol. The van der Waals surface area contributed by atoms with Crippen molar-refractivity contribution < 1.29 is 4.79 Å². The van der Waals surface area contributed by atoms with Gasteiger partial charge in [0.15, 0.2) is 0 Å². The van der Waals surface area contributed by atoms with Crippen LogP contribution in [0.3, 0.4) is 0 Å². The van der Waals surface area contributed by atoms with Gasteiger partial charge < -0.3 is 10.2 Å². The van der Waals surface area contributed by atoms with Gasteiger partial charge in [-0.2, -0.15) is 5.10 Å². The summed E-state index contributed by atoms with van der Waals surface area (Å²) in [6.07, 6.45) is 3.51. The van der Waals surface area contributed by atoms with Crippen molar-refractivity contribution in [2.24, 2.45) is 0 Å². The van der Waals surface area contributed by atoms with E-state index in [1.54, 1.807) is 6.20 Å². The lowest BCUT2D eigenvalue weighted by Crippen LogP contribution is -2.52. The SMILES string of the molecule is C[C@H]1CNCCN1C(=O)c1cnn(C(C)(C)C)c1.Cl. The Kier molecular flexibility index (Phi) is 4.98. The summed E-state index contributed by atoms with van der Waals surface area (Å²) in [5, 5.41) is 7.57. The van der Waals surface area contributed by atoms with E-state index in [9.17, 15) is 4.79 Å². The zero-order valence-electron chi connectivity index (χ0n) is 12.0. The normalized spacial score (nSPS) is 20.0. The van der Waals surface area contributed by atoms with E-state index in [1.165, 1.54) is 0 Å². The number of halogens is 1. The molecule has 0 saturated carbocycles. The van der Waals surface area contributed by atoms with Gasteiger partial charge in [0.2, 0.25) is 0 Å². The molecule has 0 aliphatic carbocycles. The highest BCUT2D eigenvalue weighted by atomic mass is 35.5. The minimum Gasteiger partial charge on any atom is -0.333 e. The van der Waals surface area contributed by atoms with Crippen molar-refractivity contribution in [1.82, 2.24) is 20.0 Å².